The summed E-state index contributed by atoms with van der Waals surface area (Å²) in [6.07, 6.45) is 6.12. The molecule has 26 heavy (non-hydrogen) atoms. The Balaban J connectivity index is 1.49. The van der Waals surface area contributed by atoms with Crippen molar-refractivity contribution in [1.29, 1.82) is 5.26 Å². The van der Waals surface area contributed by atoms with Gasteiger partial charge in [-0.25, -0.2) is 0 Å². The number of nitriles is 1. The topological polar surface area (TPSA) is 47.3 Å². The van der Waals surface area contributed by atoms with Gasteiger partial charge in [0.25, 0.3) is 5.91 Å². The molecule has 3 rings (SSSR count). The van der Waals surface area contributed by atoms with E-state index in [0.717, 1.165) is 31.8 Å². The van der Waals surface area contributed by atoms with E-state index in [1.165, 1.54) is 38.9 Å². The van der Waals surface area contributed by atoms with Gasteiger partial charge in [-0.2, -0.15) is 5.26 Å². The Morgan fingerprint density at radius 3 is 2.19 bits per heavy atom. The first-order chi connectivity index (χ1) is 12.5. The Morgan fingerprint density at radius 1 is 1.08 bits per heavy atom. The number of rotatable bonds is 4. The predicted octanol–water partition coefficient (Wildman–Crippen LogP) is 3.92. The maximum Gasteiger partial charge on any atom is 0.253 e. The summed E-state index contributed by atoms with van der Waals surface area (Å²) in [6, 6.07) is 9.11. The highest BCUT2D eigenvalue weighted by Crippen LogP contribution is 2.41. The molecule has 2 fully saturated rings. The molecule has 0 radical (unpaired) electrons. The number of nitrogens with zero attached hydrogens (tertiary/aromatic N) is 3. The van der Waals surface area contributed by atoms with Gasteiger partial charge in [-0.1, -0.05) is 13.8 Å². The molecule has 0 aromatic heterocycles. The molecule has 0 aliphatic carbocycles. The quantitative estimate of drug-likeness (QED) is 0.824. The van der Waals surface area contributed by atoms with Crippen LogP contribution in [0.5, 0.6) is 0 Å². The molecule has 4 heteroatoms. The van der Waals surface area contributed by atoms with Gasteiger partial charge < -0.3 is 9.80 Å². The number of carbonyl (C=O) groups is 1. The van der Waals surface area contributed by atoms with E-state index in [9.17, 15) is 4.79 Å². The van der Waals surface area contributed by atoms with Crippen LogP contribution in [0.3, 0.4) is 0 Å². The smallest absolute Gasteiger partial charge is 0.253 e. The van der Waals surface area contributed by atoms with Crippen molar-refractivity contribution < 1.29 is 4.79 Å². The number of carbonyl (C=O) groups excluding carboxylic acids is 1. The van der Waals surface area contributed by atoms with Crippen LogP contribution in [0.15, 0.2) is 24.3 Å². The molecule has 0 saturated carbocycles. The van der Waals surface area contributed by atoms with Gasteiger partial charge >= 0.3 is 0 Å². The van der Waals surface area contributed by atoms with Crippen molar-refractivity contribution in [3.8, 4) is 6.07 Å². The average Bonchev–Trinajstić information content (AvgIpc) is 2.68. The lowest BCUT2D eigenvalue weighted by atomic mass is 9.71. The fourth-order valence-electron chi connectivity index (χ4n) is 4.25. The zero-order valence-electron chi connectivity index (χ0n) is 16.2. The zero-order chi connectivity index (χ0) is 18.6. The Hall–Kier alpha value is -1.86. The predicted molar refractivity (Wildman–Crippen MR) is 104 cm³/mol. The lowest BCUT2D eigenvalue weighted by Crippen LogP contribution is -2.48. The Morgan fingerprint density at radius 2 is 1.65 bits per heavy atom. The molecule has 1 amide bonds. The number of hydrogen-bond acceptors (Lipinski definition) is 3. The van der Waals surface area contributed by atoms with Crippen LogP contribution in [-0.4, -0.2) is 48.4 Å². The van der Waals surface area contributed by atoms with Crippen molar-refractivity contribution in [2.24, 2.45) is 11.3 Å². The van der Waals surface area contributed by atoms with Crippen LogP contribution < -0.4 is 0 Å². The SMILES string of the molecule is CC(C)CCN1CCC2(CC1)CCN(C(=O)c1ccc(C#N)cc1)CC2. The number of likely N-dealkylation sites (tertiary alicyclic amines) is 2. The highest BCUT2D eigenvalue weighted by molar-refractivity contribution is 5.94. The molecule has 2 saturated heterocycles. The van der Waals surface area contributed by atoms with Gasteiger partial charge in [-0.05, 0) is 87.3 Å². The molecule has 2 aliphatic rings. The molecular weight excluding hydrogens is 322 g/mol. The van der Waals surface area contributed by atoms with E-state index < -0.39 is 0 Å². The number of piperidine rings is 2. The van der Waals surface area contributed by atoms with Crippen molar-refractivity contribution in [2.45, 2.75) is 46.0 Å². The lowest BCUT2D eigenvalue weighted by molar-refractivity contribution is 0.0294. The van der Waals surface area contributed by atoms with Gasteiger partial charge in [0.05, 0.1) is 11.6 Å². The second kappa shape index (κ2) is 8.22. The number of benzene rings is 1. The Bertz CT molecular complexity index is 641. The lowest BCUT2D eigenvalue weighted by Gasteiger charge is -2.47. The maximum absolute atomic E-state index is 12.7. The Labute approximate surface area is 157 Å². The van der Waals surface area contributed by atoms with Crippen molar-refractivity contribution in [2.75, 3.05) is 32.7 Å². The van der Waals surface area contributed by atoms with Crippen LogP contribution in [0.2, 0.25) is 0 Å². The standard InChI is InChI=1S/C22H31N3O/c1-18(2)7-12-24-13-8-22(9-14-24)10-15-25(16-11-22)21(26)20-5-3-19(17-23)4-6-20/h3-6,18H,7-16H2,1-2H3. The number of amides is 1. The molecular formula is C22H31N3O. The first kappa shape index (κ1) is 18.9. The van der Waals surface area contributed by atoms with E-state index in [1.54, 1.807) is 24.3 Å². The van der Waals surface area contributed by atoms with E-state index in [2.05, 4.69) is 24.8 Å². The van der Waals surface area contributed by atoms with Gasteiger partial charge in [-0.3, -0.25) is 4.79 Å². The second-order valence-corrected chi connectivity index (χ2v) is 8.51. The molecule has 0 N–H and O–H groups in total. The molecule has 1 aromatic rings. The second-order valence-electron chi connectivity index (χ2n) is 8.51. The summed E-state index contributed by atoms with van der Waals surface area (Å²) in [7, 11) is 0. The first-order valence-corrected chi connectivity index (χ1v) is 10.0. The average molecular weight is 354 g/mol. The summed E-state index contributed by atoms with van der Waals surface area (Å²) < 4.78 is 0. The summed E-state index contributed by atoms with van der Waals surface area (Å²) in [5, 5.41) is 8.89. The van der Waals surface area contributed by atoms with E-state index >= 15 is 0 Å². The molecule has 1 spiro atoms. The van der Waals surface area contributed by atoms with Crippen molar-refractivity contribution in [3.63, 3.8) is 0 Å². The minimum atomic E-state index is 0.110. The van der Waals surface area contributed by atoms with Crippen LogP contribution in [0.25, 0.3) is 0 Å². The molecule has 2 heterocycles. The third-order valence-corrected chi connectivity index (χ3v) is 6.31. The van der Waals surface area contributed by atoms with Crippen LogP contribution in [0, 0.1) is 22.7 Å². The molecule has 140 valence electrons. The fourth-order valence-corrected chi connectivity index (χ4v) is 4.25. The minimum Gasteiger partial charge on any atom is -0.339 e. The molecule has 0 bridgehead atoms. The molecule has 4 nitrogen and oxygen atoms in total. The van der Waals surface area contributed by atoms with Gasteiger partial charge in [-0.15, -0.1) is 0 Å². The van der Waals surface area contributed by atoms with Crippen LogP contribution in [0.4, 0.5) is 0 Å². The van der Waals surface area contributed by atoms with Gasteiger partial charge in [0.15, 0.2) is 0 Å². The fraction of sp³-hybridized carbons (Fsp3) is 0.636. The summed E-state index contributed by atoms with van der Waals surface area (Å²) in [5.41, 5.74) is 1.75. The van der Waals surface area contributed by atoms with Gasteiger partial charge in [0.2, 0.25) is 0 Å². The van der Waals surface area contributed by atoms with Crippen molar-refractivity contribution in [3.05, 3.63) is 35.4 Å². The first-order valence-electron chi connectivity index (χ1n) is 10.0. The summed E-state index contributed by atoms with van der Waals surface area (Å²) in [5.74, 6) is 0.890. The van der Waals surface area contributed by atoms with Crippen LogP contribution >= 0.6 is 0 Å². The molecule has 0 atom stereocenters. The van der Waals surface area contributed by atoms with Gasteiger partial charge in [0, 0.05) is 18.7 Å². The summed E-state index contributed by atoms with van der Waals surface area (Å²) in [4.78, 5) is 17.3. The van der Waals surface area contributed by atoms with E-state index in [0.29, 0.717) is 16.5 Å². The zero-order valence-corrected chi connectivity index (χ0v) is 16.2. The van der Waals surface area contributed by atoms with Crippen LogP contribution in [0.1, 0.15) is 61.9 Å². The highest BCUT2D eigenvalue weighted by Gasteiger charge is 2.38. The maximum atomic E-state index is 12.7. The van der Waals surface area contributed by atoms with Gasteiger partial charge in [0.1, 0.15) is 0 Å². The minimum absolute atomic E-state index is 0.110. The number of hydrogen-bond donors (Lipinski definition) is 0. The monoisotopic (exact) mass is 353 g/mol. The largest absolute Gasteiger partial charge is 0.339 e. The summed E-state index contributed by atoms with van der Waals surface area (Å²) >= 11 is 0. The summed E-state index contributed by atoms with van der Waals surface area (Å²) in [6.45, 7) is 10.00. The van der Waals surface area contributed by atoms with Crippen molar-refractivity contribution in [1.82, 2.24) is 9.80 Å². The molecule has 1 aromatic carbocycles. The molecule has 0 unspecified atom stereocenters. The van der Waals surface area contributed by atoms with E-state index in [1.807, 2.05) is 4.90 Å². The van der Waals surface area contributed by atoms with E-state index in [-0.39, 0.29) is 5.91 Å². The normalized spacial score (nSPS) is 20.3. The molecule has 2 aliphatic heterocycles. The van der Waals surface area contributed by atoms with Crippen LogP contribution in [-0.2, 0) is 0 Å². The third-order valence-electron chi connectivity index (χ3n) is 6.31. The third kappa shape index (κ3) is 4.45. The van der Waals surface area contributed by atoms with Crippen molar-refractivity contribution >= 4 is 5.91 Å². The Kier molecular flexibility index (Phi) is 5.98. The van der Waals surface area contributed by atoms with E-state index in [4.69, 9.17) is 5.26 Å². The highest BCUT2D eigenvalue weighted by atomic mass is 16.2.